The van der Waals surface area contributed by atoms with Gasteiger partial charge in [-0.3, -0.25) is 9.59 Å². The van der Waals surface area contributed by atoms with Crippen molar-refractivity contribution < 1.29 is 9.59 Å². The molecule has 0 saturated carbocycles. The molecule has 44 heavy (non-hydrogen) atoms. The molecule has 0 unspecified atom stereocenters. The standard InChI is InChI=1S/C36H40N4O2S2/c41-33(39-19-15-29(16-20-39)23-27-9-3-1-4-10-27)25-43-35-36(38-32-14-8-7-13-31(32)37-35)44-26-34(42)40-21-17-30(18-22-40)24-28-11-5-2-6-12-28/h1-14,29-30H,15-26H2. The van der Waals surface area contributed by atoms with E-state index in [1.807, 2.05) is 34.1 Å². The zero-order valence-corrected chi connectivity index (χ0v) is 26.8. The lowest BCUT2D eigenvalue weighted by atomic mass is 9.90. The second kappa shape index (κ2) is 15.1. The zero-order chi connectivity index (χ0) is 30.1. The van der Waals surface area contributed by atoms with E-state index in [0.29, 0.717) is 23.3 Å². The summed E-state index contributed by atoms with van der Waals surface area (Å²) in [6.45, 7) is 3.22. The Morgan fingerprint density at radius 2 is 0.932 bits per heavy atom. The van der Waals surface area contributed by atoms with Crippen molar-refractivity contribution in [1.29, 1.82) is 0 Å². The lowest BCUT2D eigenvalue weighted by Crippen LogP contribution is -2.40. The summed E-state index contributed by atoms with van der Waals surface area (Å²) in [6, 6.07) is 29.1. The van der Waals surface area contributed by atoms with E-state index in [0.717, 1.165) is 85.8 Å². The second-order valence-electron chi connectivity index (χ2n) is 11.9. The van der Waals surface area contributed by atoms with Gasteiger partial charge >= 0.3 is 0 Å². The number of aromatic nitrogens is 2. The van der Waals surface area contributed by atoms with E-state index in [9.17, 15) is 9.59 Å². The number of amides is 2. The third-order valence-electron chi connectivity index (χ3n) is 8.84. The first-order chi connectivity index (χ1) is 21.6. The highest BCUT2D eigenvalue weighted by Crippen LogP contribution is 2.31. The SMILES string of the molecule is O=C(CSc1nc2ccccc2nc1SCC(=O)N1CCC(Cc2ccccc2)CC1)N1CCC(Cc2ccccc2)CC1. The van der Waals surface area contributed by atoms with E-state index in [1.165, 1.54) is 34.7 Å². The number of hydrogen-bond donors (Lipinski definition) is 0. The van der Waals surface area contributed by atoms with Crippen LogP contribution >= 0.6 is 23.5 Å². The van der Waals surface area contributed by atoms with Crippen molar-refractivity contribution in [2.24, 2.45) is 11.8 Å². The normalized spacial score (nSPS) is 16.4. The third kappa shape index (κ3) is 8.21. The fraction of sp³-hybridized carbons (Fsp3) is 0.389. The summed E-state index contributed by atoms with van der Waals surface area (Å²) >= 11 is 2.89. The summed E-state index contributed by atoms with van der Waals surface area (Å²) in [5, 5.41) is 1.46. The average Bonchev–Trinajstić information content (AvgIpc) is 3.07. The van der Waals surface area contributed by atoms with Crippen LogP contribution < -0.4 is 0 Å². The Bertz CT molecular complexity index is 1420. The molecule has 8 heteroatoms. The van der Waals surface area contributed by atoms with Gasteiger partial charge in [0.1, 0.15) is 10.1 Å². The fourth-order valence-electron chi connectivity index (χ4n) is 6.27. The van der Waals surface area contributed by atoms with Crippen LogP contribution in [0.1, 0.15) is 36.8 Å². The van der Waals surface area contributed by atoms with Crippen LogP contribution in [0.4, 0.5) is 0 Å². The predicted molar refractivity (Wildman–Crippen MR) is 180 cm³/mol. The molecule has 0 N–H and O–H groups in total. The lowest BCUT2D eigenvalue weighted by molar-refractivity contribution is -0.130. The minimum atomic E-state index is 0.147. The van der Waals surface area contributed by atoms with Crippen molar-refractivity contribution in [3.63, 3.8) is 0 Å². The van der Waals surface area contributed by atoms with Crippen LogP contribution in [-0.4, -0.2) is 69.3 Å². The number of para-hydroxylation sites is 2. The first kappa shape index (κ1) is 30.7. The Hall–Kier alpha value is -3.36. The van der Waals surface area contributed by atoms with Crippen LogP contribution in [0.2, 0.25) is 0 Å². The number of carbonyl (C=O) groups excluding carboxylic acids is 2. The monoisotopic (exact) mass is 624 g/mol. The van der Waals surface area contributed by atoms with Gasteiger partial charge in [-0.05, 0) is 73.6 Å². The van der Waals surface area contributed by atoms with E-state index in [1.54, 1.807) is 0 Å². The topological polar surface area (TPSA) is 66.4 Å². The Morgan fingerprint density at radius 1 is 0.568 bits per heavy atom. The van der Waals surface area contributed by atoms with Crippen LogP contribution in [0.15, 0.2) is 95.0 Å². The number of rotatable bonds is 10. The molecule has 0 bridgehead atoms. The highest BCUT2D eigenvalue weighted by Gasteiger charge is 2.25. The van der Waals surface area contributed by atoms with E-state index in [-0.39, 0.29) is 11.8 Å². The molecule has 4 aromatic rings. The molecule has 6 rings (SSSR count). The number of piperidine rings is 2. The molecular formula is C36H40N4O2S2. The molecule has 3 aromatic carbocycles. The molecule has 1 aromatic heterocycles. The number of benzene rings is 3. The van der Waals surface area contributed by atoms with Gasteiger partial charge in [0.15, 0.2) is 0 Å². The smallest absolute Gasteiger partial charge is 0.232 e. The number of thioether (sulfide) groups is 2. The molecule has 0 atom stereocenters. The van der Waals surface area contributed by atoms with Gasteiger partial charge in [-0.25, -0.2) is 9.97 Å². The summed E-state index contributed by atoms with van der Waals surface area (Å²) in [7, 11) is 0. The fourth-order valence-corrected chi connectivity index (χ4v) is 8.17. The first-order valence-corrected chi connectivity index (χ1v) is 17.7. The highest BCUT2D eigenvalue weighted by atomic mass is 32.2. The number of carbonyl (C=O) groups is 2. The minimum Gasteiger partial charge on any atom is -0.342 e. The maximum absolute atomic E-state index is 13.2. The molecule has 0 radical (unpaired) electrons. The molecule has 3 heterocycles. The zero-order valence-electron chi connectivity index (χ0n) is 25.1. The van der Waals surface area contributed by atoms with E-state index >= 15 is 0 Å². The van der Waals surface area contributed by atoms with Gasteiger partial charge in [-0.15, -0.1) is 0 Å². The molecule has 6 nitrogen and oxygen atoms in total. The lowest BCUT2D eigenvalue weighted by Gasteiger charge is -2.32. The number of likely N-dealkylation sites (tertiary alicyclic amines) is 2. The molecule has 2 amide bonds. The molecular weight excluding hydrogens is 585 g/mol. The van der Waals surface area contributed by atoms with Gasteiger partial charge in [0.2, 0.25) is 11.8 Å². The van der Waals surface area contributed by atoms with Gasteiger partial charge < -0.3 is 9.80 Å². The minimum absolute atomic E-state index is 0.147. The van der Waals surface area contributed by atoms with Gasteiger partial charge in [-0.1, -0.05) is 96.3 Å². The van der Waals surface area contributed by atoms with Crippen LogP contribution in [-0.2, 0) is 22.4 Å². The quantitative estimate of drug-likeness (QED) is 0.181. The van der Waals surface area contributed by atoms with Crippen molar-refractivity contribution in [1.82, 2.24) is 19.8 Å². The van der Waals surface area contributed by atoms with Crippen LogP contribution in [0.25, 0.3) is 11.0 Å². The predicted octanol–water partition coefficient (Wildman–Crippen LogP) is 6.78. The molecule has 0 aliphatic carbocycles. The Kier molecular flexibility index (Phi) is 10.5. The van der Waals surface area contributed by atoms with Crippen LogP contribution in [0.5, 0.6) is 0 Å². The maximum atomic E-state index is 13.2. The molecule has 2 saturated heterocycles. The van der Waals surface area contributed by atoms with Crippen LogP contribution in [0.3, 0.4) is 0 Å². The van der Waals surface area contributed by atoms with Crippen LogP contribution in [0, 0.1) is 11.8 Å². The summed E-state index contributed by atoms with van der Waals surface area (Å²) in [5.41, 5.74) is 4.36. The van der Waals surface area contributed by atoms with Crippen molar-refractivity contribution in [3.05, 3.63) is 96.1 Å². The second-order valence-corrected chi connectivity index (χ2v) is 13.9. The van der Waals surface area contributed by atoms with Gasteiger partial charge in [0.05, 0.1) is 22.5 Å². The third-order valence-corrected chi connectivity index (χ3v) is 10.9. The van der Waals surface area contributed by atoms with Gasteiger partial charge in [0.25, 0.3) is 0 Å². The summed E-state index contributed by atoms with van der Waals surface area (Å²) in [5.74, 6) is 2.19. The Balaban J connectivity index is 1.02. The van der Waals surface area contributed by atoms with E-state index in [4.69, 9.17) is 9.97 Å². The summed E-state index contributed by atoms with van der Waals surface area (Å²) in [4.78, 5) is 40.2. The number of fused-ring (bicyclic) bond motifs is 1. The Labute approximate surface area is 269 Å². The number of hydrogen-bond acceptors (Lipinski definition) is 6. The van der Waals surface area contributed by atoms with Gasteiger partial charge in [-0.2, -0.15) is 0 Å². The maximum Gasteiger partial charge on any atom is 0.232 e. The van der Waals surface area contributed by atoms with Crippen molar-refractivity contribution in [2.75, 3.05) is 37.7 Å². The van der Waals surface area contributed by atoms with E-state index < -0.39 is 0 Å². The Morgan fingerprint density at radius 3 is 1.32 bits per heavy atom. The average molecular weight is 625 g/mol. The molecule has 2 fully saturated rings. The highest BCUT2D eigenvalue weighted by molar-refractivity contribution is 8.02. The largest absolute Gasteiger partial charge is 0.342 e. The van der Waals surface area contributed by atoms with Crippen molar-refractivity contribution in [2.45, 2.75) is 48.6 Å². The van der Waals surface area contributed by atoms with Crippen molar-refractivity contribution in [3.8, 4) is 0 Å². The first-order valence-electron chi connectivity index (χ1n) is 15.8. The summed E-state index contributed by atoms with van der Waals surface area (Å²) < 4.78 is 0. The van der Waals surface area contributed by atoms with Gasteiger partial charge in [0, 0.05) is 26.2 Å². The molecule has 0 spiro atoms. The molecule has 2 aliphatic heterocycles. The van der Waals surface area contributed by atoms with Crippen molar-refractivity contribution >= 4 is 46.4 Å². The summed E-state index contributed by atoms with van der Waals surface area (Å²) in [6.07, 6.45) is 6.30. The number of nitrogens with zero attached hydrogens (tertiary/aromatic N) is 4. The van der Waals surface area contributed by atoms with E-state index in [2.05, 4.69) is 60.7 Å². The molecule has 228 valence electrons. The molecule has 2 aliphatic rings.